The Morgan fingerprint density at radius 3 is 2.92 bits per heavy atom. The van der Waals surface area contributed by atoms with Crippen molar-refractivity contribution in [3.05, 3.63) is 12.8 Å². The molecule has 1 aliphatic rings. The third kappa shape index (κ3) is 4.90. The molecule has 0 aromatic carbocycles. The lowest BCUT2D eigenvalue weighted by Crippen LogP contribution is -2.35. The Kier molecular flexibility index (Phi) is 5.61. The summed E-state index contributed by atoms with van der Waals surface area (Å²) in [6, 6.07) is 0.650. The van der Waals surface area contributed by atoms with Crippen LogP contribution in [-0.4, -0.2) is 32.4 Å². The number of ether oxygens (including phenoxy) is 2. The molecule has 1 fully saturated rings. The van der Waals surface area contributed by atoms with Gasteiger partial charge in [0.15, 0.2) is 0 Å². The van der Waals surface area contributed by atoms with Crippen molar-refractivity contribution in [2.75, 3.05) is 26.4 Å². The lowest BCUT2D eigenvalue weighted by Gasteiger charge is -2.23. The summed E-state index contributed by atoms with van der Waals surface area (Å²) < 4.78 is 10.3. The van der Waals surface area contributed by atoms with Gasteiger partial charge in [-0.2, -0.15) is 0 Å². The summed E-state index contributed by atoms with van der Waals surface area (Å²) >= 11 is 0. The molecule has 13 heavy (non-hydrogen) atoms. The number of hydrogen-bond acceptors (Lipinski definition) is 3. The molecule has 1 saturated heterocycles. The quantitative estimate of drug-likeness (QED) is 0.500. The molecule has 0 spiro atoms. The maximum atomic E-state index is 5.27. The molecule has 0 amide bonds. The van der Waals surface area contributed by atoms with Crippen LogP contribution in [0.4, 0.5) is 0 Å². The van der Waals surface area contributed by atoms with Crippen LogP contribution in [0.3, 0.4) is 0 Å². The molecule has 3 heteroatoms. The molecule has 0 saturated carbocycles. The predicted octanol–water partition coefficient (Wildman–Crippen LogP) is 1.31. The van der Waals surface area contributed by atoms with Gasteiger partial charge in [0.2, 0.25) is 0 Å². The van der Waals surface area contributed by atoms with Gasteiger partial charge < -0.3 is 14.8 Å². The topological polar surface area (TPSA) is 30.5 Å². The van der Waals surface area contributed by atoms with Crippen LogP contribution in [0.15, 0.2) is 12.8 Å². The molecule has 0 radical (unpaired) electrons. The molecular formula is C10H19NO2. The Labute approximate surface area is 80.1 Å². The van der Waals surface area contributed by atoms with Crippen LogP contribution in [0.25, 0.3) is 0 Å². The van der Waals surface area contributed by atoms with Crippen molar-refractivity contribution < 1.29 is 9.47 Å². The fourth-order valence-electron chi connectivity index (χ4n) is 1.45. The second kappa shape index (κ2) is 6.92. The van der Waals surface area contributed by atoms with E-state index in [2.05, 4.69) is 11.9 Å². The monoisotopic (exact) mass is 185 g/mol. The molecule has 1 rings (SSSR count). The van der Waals surface area contributed by atoms with Gasteiger partial charge in [-0.15, -0.1) is 0 Å². The van der Waals surface area contributed by atoms with Crippen LogP contribution >= 0.6 is 0 Å². The molecule has 1 aliphatic heterocycles. The van der Waals surface area contributed by atoms with Gasteiger partial charge in [0.05, 0.1) is 12.9 Å². The normalized spacial score (nSPS) is 18.5. The average Bonchev–Trinajstić information content (AvgIpc) is 2.19. The van der Waals surface area contributed by atoms with Crippen molar-refractivity contribution >= 4 is 0 Å². The zero-order chi connectivity index (χ0) is 9.36. The molecular weight excluding hydrogens is 166 g/mol. The van der Waals surface area contributed by atoms with Crippen molar-refractivity contribution in [3.63, 3.8) is 0 Å². The molecule has 0 unspecified atom stereocenters. The maximum Gasteiger partial charge on any atom is 0.0885 e. The second-order valence-corrected chi connectivity index (χ2v) is 3.23. The molecule has 0 aromatic heterocycles. The average molecular weight is 185 g/mol. The second-order valence-electron chi connectivity index (χ2n) is 3.23. The summed E-state index contributed by atoms with van der Waals surface area (Å²) in [5.74, 6) is 0. The van der Waals surface area contributed by atoms with Crippen molar-refractivity contribution in [2.24, 2.45) is 0 Å². The van der Waals surface area contributed by atoms with E-state index >= 15 is 0 Å². The molecule has 0 aliphatic carbocycles. The van der Waals surface area contributed by atoms with Gasteiger partial charge in [-0.25, -0.2) is 0 Å². The van der Waals surface area contributed by atoms with Gasteiger partial charge in [-0.05, 0) is 25.8 Å². The highest BCUT2D eigenvalue weighted by Gasteiger charge is 2.11. The number of rotatable bonds is 6. The largest absolute Gasteiger partial charge is 0.502 e. The van der Waals surface area contributed by atoms with E-state index in [1.807, 2.05) is 0 Å². The lowest BCUT2D eigenvalue weighted by molar-refractivity contribution is 0.0775. The Morgan fingerprint density at radius 1 is 1.46 bits per heavy atom. The lowest BCUT2D eigenvalue weighted by atomic mass is 10.1. The Balaban J connectivity index is 1.89. The molecule has 76 valence electrons. The van der Waals surface area contributed by atoms with E-state index in [1.165, 1.54) is 6.26 Å². The summed E-state index contributed by atoms with van der Waals surface area (Å²) in [5.41, 5.74) is 0. The van der Waals surface area contributed by atoms with Crippen molar-refractivity contribution in [1.82, 2.24) is 5.32 Å². The van der Waals surface area contributed by atoms with E-state index in [0.29, 0.717) is 6.04 Å². The number of nitrogens with one attached hydrogen (secondary N) is 1. The standard InChI is InChI=1S/C10H19NO2/c1-2-12-7-3-6-11-10-4-8-13-9-5-10/h2,10-11H,1,3-9H2. The van der Waals surface area contributed by atoms with Gasteiger partial charge >= 0.3 is 0 Å². The molecule has 3 nitrogen and oxygen atoms in total. The summed E-state index contributed by atoms with van der Waals surface area (Å²) in [4.78, 5) is 0. The first-order chi connectivity index (χ1) is 6.43. The highest BCUT2D eigenvalue weighted by molar-refractivity contribution is 4.69. The first kappa shape index (κ1) is 10.5. The first-order valence-electron chi connectivity index (χ1n) is 4.97. The van der Waals surface area contributed by atoms with Crippen LogP contribution < -0.4 is 5.32 Å². The van der Waals surface area contributed by atoms with Crippen molar-refractivity contribution in [1.29, 1.82) is 0 Å². The molecule has 0 aromatic rings. The predicted molar refractivity (Wildman–Crippen MR) is 52.6 cm³/mol. The van der Waals surface area contributed by atoms with Crippen LogP contribution in [-0.2, 0) is 9.47 Å². The highest BCUT2D eigenvalue weighted by atomic mass is 16.5. The minimum atomic E-state index is 0.650. The number of hydrogen-bond donors (Lipinski definition) is 1. The smallest absolute Gasteiger partial charge is 0.0885 e. The van der Waals surface area contributed by atoms with E-state index in [1.54, 1.807) is 0 Å². The minimum absolute atomic E-state index is 0.650. The van der Waals surface area contributed by atoms with E-state index in [0.717, 1.165) is 45.6 Å². The summed E-state index contributed by atoms with van der Waals surface area (Å²) in [6.07, 6.45) is 4.82. The van der Waals surface area contributed by atoms with Crippen LogP contribution in [0, 0.1) is 0 Å². The highest BCUT2D eigenvalue weighted by Crippen LogP contribution is 2.05. The summed E-state index contributed by atoms with van der Waals surface area (Å²) in [5, 5.41) is 3.49. The van der Waals surface area contributed by atoms with Gasteiger partial charge in [0.1, 0.15) is 0 Å². The van der Waals surface area contributed by atoms with E-state index in [4.69, 9.17) is 9.47 Å². The molecule has 0 atom stereocenters. The third-order valence-corrected chi connectivity index (χ3v) is 2.21. The fraction of sp³-hybridized carbons (Fsp3) is 0.800. The molecule has 1 heterocycles. The van der Waals surface area contributed by atoms with Crippen molar-refractivity contribution in [2.45, 2.75) is 25.3 Å². The van der Waals surface area contributed by atoms with E-state index in [-0.39, 0.29) is 0 Å². The summed E-state index contributed by atoms with van der Waals surface area (Å²) in [7, 11) is 0. The van der Waals surface area contributed by atoms with E-state index < -0.39 is 0 Å². The van der Waals surface area contributed by atoms with Crippen LogP contribution in [0.5, 0.6) is 0 Å². The molecule has 0 bridgehead atoms. The van der Waals surface area contributed by atoms with Crippen LogP contribution in [0.1, 0.15) is 19.3 Å². The van der Waals surface area contributed by atoms with E-state index in [9.17, 15) is 0 Å². The van der Waals surface area contributed by atoms with Gasteiger partial charge in [0.25, 0.3) is 0 Å². The fourth-order valence-corrected chi connectivity index (χ4v) is 1.45. The minimum Gasteiger partial charge on any atom is -0.502 e. The van der Waals surface area contributed by atoms with Gasteiger partial charge in [0, 0.05) is 19.3 Å². The Hall–Kier alpha value is -0.540. The zero-order valence-corrected chi connectivity index (χ0v) is 8.13. The Morgan fingerprint density at radius 2 is 2.23 bits per heavy atom. The van der Waals surface area contributed by atoms with Gasteiger partial charge in [-0.1, -0.05) is 6.58 Å². The Bertz CT molecular complexity index is 133. The van der Waals surface area contributed by atoms with Crippen LogP contribution in [0.2, 0.25) is 0 Å². The maximum absolute atomic E-state index is 5.27. The SMILES string of the molecule is C=COCCCNC1CCOCC1. The summed E-state index contributed by atoms with van der Waals surface area (Å²) in [6.45, 7) is 7.09. The third-order valence-electron chi connectivity index (χ3n) is 2.21. The first-order valence-corrected chi connectivity index (χ1v) is 4.97. The molecule has 1 N–H and O–H groups in total. The van der Waals surface area contributed by atoms with Crippen molar-refractivity contribution in [3.8, 4) is 0 Å². The zero-order valence-electron chi connectivity index (χ0n) is 8.13. The van der Waals surface area contributed by atoms with Gasteiger partial charge in [-0.3, -0.25) is 0 Å².